The van der Waals surface area contributed by atoms with Gasteiger partial charge in [0.25, 0.3) is 0 Å². The number of para-hydroxylation sites is 1. The van der Waals surface area contributed by atoms with Gasteiger partial charge in [0.1, 0.15) is 11.2 Å². The number of hydrogen-bond acceptors (Lipinski definition) is 2. The first kappa shape index (κ1) is 39.2. The Morgan fingerprint density at radius 2 is 0.908 bits per heavy atom. The summed E-state index contributed by atoms with van der Waals surface area (Å²) >= 11 is 0. The molecule has 9 aromatic carbocycles. The molecule has 0 fully saturated rings. The van der Waals surface area contributed by atoms with Gasteiger partial charge in [0.2, 0.25) is 0 Å². The highest BCUT2D eigenvalue weighted by molar-refractivity contribution is 6.07. The lowest BCUT2D eigenvalue weighted by molar-refractivity contribution is 0.332. The molecule has 1 aromatic heterocycles. The molecule has 0 spiro atoms. The minimum absolute atomic E-state index is 0.127. The first-order valence-corrected chi connectivity index (χ1v) is 23.1. The summed E-state index contributed by atoms with van der Waals surface area (Å²) in [5.41, 5.74) is 20.1. The van der Waals surface area contributed by atoms with E-state index in [0.717, 1.165) is 50.5 Å². The van der Waals surface area contributed by atoms with Crippen LogP contribution in [0.5, 0.6) is 0 Å². The van der Waals surface area contributed by atoms with Crippen molar-refractivity contribution in [1.82, 2.24) is 0 Å². The maximum Gasteiger partial charge on any atom is 0.136 e. The lowest BCUT2D eigenvalue weighted by Gasteiger charge is -2.41. The zero-order valence-electron chi connectivity index (χ0n) is 37.5. The molecule has 0 atom stereocenters. The van der Waals surface area contributed by atoms with Crippen molar-refractivity contribution in [2.24, 2.45) is 0 Å². The Kier molecular flexibility index (Phi) is 8.94. The van der Waals surface area contributed by atoms with E-state index in [2.05, 4.69) is 245 Å². The monoisotopic (exact) mass is 837 g/mol. The van der Waals surface area contributed by atoms with Crippen LogP contribution in [0.4, 0.5) is 17.1 Å². The van der Waals surface area contributed by atoms with Gasteiger partial charge in [-0.05, 0) is 146 Å². The van der Waals surface area contributed by atoms with Gasteiger partial charge in [0.05, 0.1) is 11.1 Å². The standard InChI is InChI=1S/C63H51NO/c1-61(2)35-36-62(3,4)56-41-59-52(40-55(56)61)50-34-33-45(39-58(50)65-59)43-20-16-19-42(37-43)44-21-17-28-49(38-44)64(48-26-12-7-13-27-48)57-32-18-31-54-60(57)51-29-14-15-30-53(51)63(54,46-22-8-5-9-23-46)47-24-10-6-11-25-47/h5-34,37-41H,35-36H2,1-4H3. The fourth-order valence-electron chi connectivity index (χ4n) is 11.4. The molecule has 0 saturated heterocycles. The largest absolute Gasteiger partial charge is 0.456 e. The van der Waals surface area contributed by atoms with Gasteiger partial charge in [-0.25, -0.2) is 0 Å². The van der Waals surface area contributed by atoms with Gasteiger partial charge in [-0.2, -0.15) is 0 Å². The van der Waals surface area contributed by atoms with Gasteiger partial charge >= 0.3 is 0 Å². The van der Waals surface area contributed by atoms with Crippen LogP contribution < -0.4 is 4.90 Å². The Morgan fingerprint density at radius 3 is 1.60 bits per heavy atom. The fourth-order valence-corrected chi connectivity index (χ4v) is 11.4. The van der Waals surface area contributed by atoms with Crippen LogP contribution in [0.25, 0.3) is 55.3 Å². The van der Waals surface area contributed by atoms with Gasteiger partial charge in [-0.15, -0.1) is 0 Å². The summed E-state index contributed by atoms with van der Waals surface area (Å²) in [5.74, 6) is 0. The average Bonchev–Trinajstić information content (AvgIpc) is 3.87. The molecule has 0 aliphatic heterocycles. The van der Waals surface area contributed by atoms with Crippen molar-refractivity contribution in [2.45, 2.75) is 56.8 Å². The van der Waals surface area contributed by atoms with Crippen molar-refractivity contribution < 1.29 is 4.42 Å². The molecule has 0 unspecified atom stereocenters. The van der Waals surface area contributed by atoms with E-state index in [1.165, 1.54) is 68.1 Å². The van der Waals surface area contributed by atoms with Crippen LogP contribution in [0.1, 0.15) is 73.9 Å². The van der Waals surface area contributed by atoms with E-state index in [1.807, 2.05) is 0 Å². The van der Waals surface area contributed by atoms with Crippen LogP contribution in [-0.2, 0) is 16.2 Å². The van der Waals surface area contributed by atoms with E-state index in [9.17, 15) is 0 Å². The number of rotatable bonds is 7. The topological polar surface area (TPSA) is 16.4 Å². The maximum absolute atomic E-state index is 6.69. The second-order valence-electron chi connectivity index (χ2n) is 19.5. The smallest absolute Gasteiger partial charge is 0.136 e. The van der Waals surface area contributed by atoms with E-state index in [1.54, 1.807) is 0 Å². The van der Waals surface area contributed by atoms with Crippen LogP contribution in [-0.4, -0.2) is 0 Å². The van der Waals surface area contributed by atoms with Gasteiger partial charge < -0.3 is 9.32 Å². The van der Waals surface area contributed by atoms with Gasteiger partial charge in [-0.3, -0.25) is 0 Å². The number of benzene rings is 9. The van der Waals surface area contributed by atoms with Crippen LogP contribution >= 0.6 is 0 Å². The number of fused-ring (bicyclic) bond motifs is 7. The minimum Gasteiger partial charge on any atom is -0.456 e. The van der Waals surface area contributed by atoms with E-state index >= 15 is 0 Å². The first-order valence-electron chi connectivity index (χ1n) is 23.1. The Morgan fingerprint density at radius 1 is 0.385 bits per heavy atom. The van der Waals surface area contributed by atoms with Crippen LogP contribution in [0.3, 0.4) is 0 Å². The summed E-state index contributed by atoms with van der Waals surface area (Å²) in [6.07, 6.45) is 2.37. The molecule has 0 saturated carbocycles. The number of nitrogens with zero attached hydrogens (tertiary/aromatic N) is 1. The highest BCUT2D eigenvalue weighted by Crippen LogP contribution is 2.59. The molecule has 2 aliphatic carbocycles. The van der Waals surface area contributed by atoms with Crippen LogP contribution in [0, 0.1) is 0 Å². The van der Waals surface area contributed by atoms with Crippen molar-refractivity contribution in [3.05, 3.63) is 246 Å². The second-order valence-corrected chi connectivity index (χ2v) is 19.5. The summed E-state index contributed by atoms with van der Waals surface area (Å²) in [7, 11) is 0. The third-order valence-electron chi connectivity index (χ3n) is 14.8. The van der Waals surface area contributed by atoms with E-state index in [0.29, 0.717) is 0 Å². The van der Waals surface area contributed by atoms with Gasteiger partial charge in [0, 0.05) is 27.7 Å². The number of anilines is 3. The Hall–Kier alpha value is -7.42. The van der Waals surface area contributed by atoms with Crippen LogP contribution in [0.2, 0.25) is 0 Å². The second kappa shape index (κ2) is 14.8. The Labute approximate surface area is 382 Å². The molecule has 0 bridgehead atoms. The molecule has 65 heavy (non-hydrogen) atoms. The molecule has 0 radical (unpaired) electrons. The molecular weight excluding hydrogens is 787 g/mol. The van der Waals surface area contributed by atoms with Gasteiger partial charge in [-0.1, -0.05) is 179 Å². The van der Waals surface area contributed by atoms with Crippen LogP contribution in [0.15, 0.2) is 217 Å². The predicted octanol–water partition coefficient (Wildman–Crippen LogP) is 17.1. The molecule has 2 aliphatic rings. The lowest BCUT2D eigenvalue weighted by atomic mass is 9.63. The van der Waals surface area contributed by atoms with Crippen molar-refractivity contribution in [1.29, 1.82) is 0 Å². The molecule has 2 heteroatoms. The lowest BCUT2D eigenvalue weighted by Crippen LogP contribution is -2.33. The van der Waals surface area contributed by atoms with Crippen molar-refractivity contribution in [3.63, 3.8) is 0 Å². The Bertz CT molecular complexity index is 3390. The summed E-state index contributed by atoms with van der Waals surface area (Å²) in [5, 5.41) is 2.39. The normalized spacial score (nSPS) is 15.3. The van der Waals surface area contributed by atoms with E-state index in [4.69, 9.17) is 4.42 Å². The third-order valence-corrected chi connectivity index (χ3v) is 14.8. The fraction of sp³-hybridized carbons (Fsp3) is 0.143. The molecule has 1 heterocycles. The van der Waals surface area contributed by atoms with E-state index in [-0.39, 0.29) is 10.8 Å². The molecule has 0 amide bonds. The SMILES string of the molecule is CC1(C)CCC(C)(C)c2cc3c(cc21)oc1cc(-c2cccc(-c4cccc(N(c5ccccc5)c5cccc6c5-c5ccccc5C6(c5ccccc5)c5ccccc5)c4)c2)ccc13. The zero-order valence-corrected chi connectivity index (χ0v) is 37.5. The predicted molar refractivity (Wildman–Crippen MR) is 272 cm³/mol. The number of furan rings is 1. The summed E-state index contributed by atoms with van der Waals surface area (Å²) < 4.78 is 6.69. The molecule has 12 rings (SSSR count). The summed E-state index contributed by atoms with van der Waals surface area (Å²) in [6.45, 7) is 9.54. The van der Waals surface area contributed by atoms with Gasteiger partial charge in [0.15, 0.2) is 0 Å². The zero-order chi connectivity index (χ0) is 43.9. The average molecular weight is 838 g/mol. The molecular formula is C63H51NO. The molecule has 10 aromatic rings. The Balaban J connectivity index is 0.977. The molecule has 314 valence electrons. The highest BCUT2D eigenvalue weighted by atomic mass is 16.3. The maximum atomic E-state index is 6.69. The quantitative estimate of drug-likeness (QED) is 0.159. The summed E-state index contributed by atoms with van der Waals surface area (Å²) in [6, 6.07) is 78.3. The number of hydrogen-bond donors (Lipinski definition) is 0. The van der Waals surface area contributed by atoms with Crippen molar-refractivity contribution in [2.75, 3.05) is 4.90 Å². The highest BCUT2D eigenvalue weighted by Gasteiger charge is 2.47. The molecule has 0 N–H and O–H groups in total. The summed E-state index contributed by atoms with van der Waals surface area (Å²) in [4.78, 5) is 2.45. The van der Waals surface area contributed by atoms with E-state index < -0.39 is 5.41 Å². The third kappa shape index (κ3) is 6.15. The minimum atomic E-state index is -0.492. The van der Waals surface area contributed by atoms with Crippen molar-refractivity contribution >= 4 is 39.0 Å². The first-order chi connectivity index (χ1) is 31.7. The molecule has 2 nitrogen and oxygen atoms in total. The van der Waals surface area contributed by atoms with Crippen molar-refractivity contribution in [3.8, 4) is 33.4 Å².